The lowest BCUT2D eigenvalue weighted by molar-refractivity contribution is 0.359. The van der Waals surface area contributed by atoms with Crippen molar-refractivity contribution in [3.05, 3.63) is 71.3 Å². The lowest BCUT2D eigenvalue weighted by atomic mass is 9.71. The zero-order chi connectivity index (χ0) is 14.2. The molecule has 1 aliphatic carbocycles. The summed E-state index contributed by atoms with van der Waals surface area (Å²) in [5.41, 5.74) is 5.10. The van der Waals surface area contributed by atoms with E-state index >= 15 is 0 Å². The maximum atomic E-state index is 2.44. The number of benzene rings is 2. The van der Waals surface area contributed by atoms with Gasteiger partial charge in [0.2, 0.25) is 0 Å². The lowest BCUT2D eigenvalue weighted by Gasteiger charge is -2.32. The second-order valence-electron chi connectivity index (χ2n) is 6.44. The molecule has 2 unspecified atom stereocenters. The van der Waals surface area contributed by atoms with Crippen LogP contribution in [0.1, 0.15) is 56.7 Å². The summed E-state index contributed by atoms with van der Waals surface area (Å²) in [5, 5.41) is 0. The number of rotatable bonds is 3. The van der Waals surface area contributed by atoms with Crippen LogP contribution in [0.15, 0.2) is 54.6 Å². The summed E-state index contributed by atoms with van der Waals surface area (Å²) in [5.74, 6) is 0. The van der Waals surface area contributed by atoms with Gasteiger partial charge in [0.15, 0.2) is 0 Å². The molecule has 0 saturated carbocycles. The average Bonchev–Trinajstić information content (AvgIpc) is 2.80. The standard InChI is InChI=1S/C20H24/c1-4-19(3)15-20(5-2,16-11-7-6-8-12-16)18-14-10-9-13-17(18)19/h6-14H,4-5,15H2,1-3H3. The van der Waals surface area contributed by atoms with Crippen molar-refractivity contribution in [3.63, 3.8) is 0 Å². The summed E-state index contributed by atoms with van der Waals surface area (Å²) in [4.78, 5) is 0. The van der Waals surface area contributed by atoms with E-state index < -0.39 is 0 Å². The summed E-state index contributed by atoms with van der Waals surface area (Å²) < 4.78 is 0. The largest absolute Gasteiger partial charge is 0.0645 e. The van der Waals surface area contributed by atoms with Crippen LogP contribution in [0.4, 0.5) is 0 Å². The van der Waals surface area contributed by atoms with Crippen LogP contribution in [0.2, 0.25) is 0 Å². The van der Waals surface area contributed by atoms with Crippen LogP contribution in [-0.4, -0.2) is 0 Å². The van der Waals surface area contributed by atoms with Crippen LogP contribution in [-0.2, 0) is 10.8 Å². The molecule has 0 heteroatoms. The van der Waals surface area contributed by atoms with Crippen LogP contribution < -0.4 is 0 Å². The molecule has 2 aromatic carbocycles. The Bertz CT molecular complexity index is 598. The first-order valence-corrected chi connectivity index (χ1v) is 7.82. The zero-order valence-electron chi connectivity index (χ0n) is 12.8. The van der Waals surface area contributed by atoms with Crippen molar-refractivity contribution in [2.45, 2.75) is 50.9 Å². The van der Waals surface area contributed by atoms with Gasteiger partial charge >= 0.3 is 0 Å². The Kier molecular flexibility index (Phi) is 3.20. The minimum absolute atomic E-state index is 0.197. The van der Waals surface area contributed by atoms with Gasteiger partial charge in [-0.15, -0.1) is 0 Å². The molecule has 0 radical (unpaired) electrons. The van der Waals surface area contributed by atoms with Crippen LogP contribution in [0.25, 0.3) is 0 Å². The molecule has 104 valence electrons. The smallest absolute Gasteiger partial charge is 0.0211 e. The van der Waals surface area contributed by atoms with Gasteiger partial charge in [0, 0.05) is 5.41 Å². The van der Waals surface area contributed by atoms with Gasteiger partial charge in [-0.05, 0) is 41.4 Å². The average molecular weight is 264 g/mol. The first-order chi connectivity index (χ1) is 9.66. The van der Waals surface area contributed by atoms with E-state index in [1.807, 2.05) is 0 Å². The van der Waals surface area contributed by atoms with Crippen molar-refractivity contribution in [3.8, 4) is 0 Å². The fourth-order valence-corrected chi connectivity index (χ4v) is 4.13. The molecule has 0 aliphatic heterocycles. The van der Waals surface area contributed by atoms with Crippen molar-refractivity contribution in [1.82, 2.24) is 0 Å². The van der Waals surface area contributed by atoms with Crippen LogP contribution in [0.3, 0.4) is 0 Å². The molecule has 0 bridgehead atoms. The van der Waals surface area contributed by atoms with Crippen molar-refractivity contribution in [2.75, 3.05) is 0 Å². The van der Waals surface area contributed by atoms with E-state index in [4.69, 9.17) is 0 Å². The van der Waals surface area contributed by atoms with Gasteiger partial charge in [-0.3, -0.25) is 0 Å². The van der Waals surface area contributed by atoms with Gasteiger partial charge in [-0.2, -0.15) is 0 Å². The monoisotopic (exact) mass is 264 g/mol. The van der Waals surface area contributed by atoms with Crippen molar-refractivity contribution in [2.24, 2.45) is 0 Å². The minimum Gasteiger partial charge on any atom is -0.0645 e. The molecule has 0 fully saturated rings. The van der Waals surface area contributed by atoms with E-state index in [1.165, 1.54) is 24.8 Å². The van der Waals surface area contributed by atoms with Crippen molar-refractivity contribution >= 4 is 0 Å². The summed E-state index contributed by atoms with van der Waals surface area (Å²) in [6.45, 7) is 7.10. The fraction of sp³-hybridized carbons (Fsp3) is 0.400. The third-order valence-corrected chi connectivity index (χ3v) is 5.50. The van der Waals surface area contributed by atoms with Gasteiger partial charge in [0.1, 0.15) is 0 Å². The molecule has 3 rings (SSSR count). The summed E-state index contributed by atoms with van der Waals surface area (Å²) >= 11 is 0. The Morgan fingerprint density at radius 1 is 0.800 bits per heavy atom. The first-order valence-electron chi connectivity index (χ1n) is 7.82. The molecule has 0 nitrogen and oxygen atoms in total. The second kappa shape index (κ2) is 4.77. The minimum atomic E-state index is 0.197. The molecule has 0 aromatic heterocycles. The fourth-order valence-electron chi connectivity index (χ4n) is 4.13. The molecular weight excluding hydrogens is 240 g/mol. The zero-order valence-corrected chi connectivity index (χ0v) is 12.8. The highest BCUT2D eigenvalue weighted by molar-refractivity contribution is 5.52. The Balaban J connectivity index is 2.25. The van der Waals surface area contributed by atoms with Crippen LogP contribution >= 0.6 is 0 Å². The molecule has 1 aliphatic rings. The highest BCUT2D eigenvalue weighted by Crippen LogP contribution is 2.55. The van der Waals surface area contributed by atoms with Crippen molar-refractivity contribution < 1.29 is 0 Å². The SMILES string of the molecule is CCC1(C)CC(CC)(c2ccccc2)c2ccccc21. The highest BCUT2D eigenvalue weighted by Gasteiger charge is 2.48. The van der Waals surface area contributed by atoms with E-state index in [-0.39, 0.29) is 5.41 Å². The molecule has 0 spiro atoms. The van der Waals surface area contributed by atoms with E-state index in [0.29, 0.717) is 5.41 Å². The Labute approximate surface area is 122 Å². The number of hydrogen-bond donors (Lipinski definition) is 0. The predicted octanol–water partition coefficient (Wildman–Crippen LogP) is 5.45. The summed E-state index contributed by atoms with van der Waals surface area (Å²) in [6, 6.07) is 20.2. The van der Waals surface area contributed by atoms with Gasteiger partial charge < -0.3 is 0 Å². The number of fused-ring (bicyclic) bond motifs is 1. The van der Waals surface area contributed by atoms with Gasteiger partial charge in [-0.1, -0.05) is 75.4 Å². The van der Waals surface area contributed by atoms with Gasteiger partial charge in [0.05, 0.1) is 0 Å². The molecule has 2 atom stereocenters. The van der Waals surface area contributed by atoms with E-state index in [2.05, 4.69) is 75.4 Å². The first kappa shape index (κ1) is 13.4. The highest BCUT2D eigenvalue weighted by atomic mass is 14.5. The third kappa shape index (κ3) is 1.74. The molecule has 0 N–H and O–H groups in total. The topological polar surface area (TPSA) is 0 Å². The Morgan fingerprint density at radius 3 is 2.00 bits per heavy atom. The summed E-state index contributed by atoms with van der Waals surface area (Å²) in [6.07, 6.45) is 3.61. The van der Waals surface area contributed by atoms with E-state index in [0.717, 1.165) is 0 Å². The van der Waals surface area contributed by atoms with Gasteiger partial charge in [-0.25, -0.2) is 0 Å². The number of hydrogen-bond acceptors (Lipinski definition) is 0. The maximum absolute atomic E-state index is 2.44. The third-order valence-electron chi connectivity index (χ3n) is 5.50. The maximum Gasteiger partial charge on any atom is 0.0211 e. The van der Waals surface area contributed by atoms with Crippen molar-refractivity contribution in [1.29, 1.82) is 0 Å². The molecule has 0 saturated heterocycles. The normalized spacial score (nSPS) is 28.4. The molecule has 20 heavy (non-hydrogen) atoms. The van der Waals surface area contributed by atoms with E-state index in [1.54, 1.807) is 11.1 Å². The van der Waals surface area contributed by atoms with Crippen LogP contribution in [0.5, 0.6) is 0 Å². The Morgan fingerprint density at radius 2 is 1.40 bits per heavy atom. The molecule has 0 heterocycles. The summed E-state index contributed by atoms with van der Waals surface area (Å²) in [7, 11) is 0. The lowest BCUT2D eigenvalue weighted by Crippen LogP contribution is -2.27. The predicted molar refractivity (Wildman–Crippen MR) is 86.2 cm³/mol. The second-order valence-corrected chi connectivity index (χ2v) is 6.44. The molecule has 0 amide bonds. The molecular formula is C20H24. The van der Waals surface area contributed by atoms with Crippen LogP contribution in [0, 0.1) is 0 Å². The Hall–Kier alpha value is -1.56. The quantitative estimate of drug-likeness (QED) is 0.691. The van der Waals surface area contributed by atoms with E-state index in [9.17, 15) is 0 Å². The molecule has 2 aromatic rings. The van der Waals surface area contributed by atoms with Gasteiger partial charge in [0.25, 0.3) is 0 Å².